The van der Waals surface area contributed by atoms with Crippen molar-refractivity contribution in [2.45, 2.75) is 27.7 Å². The number of anilines is 2. The molecule has 0 unspecified atom stereocenters. The number of rotatable bonds is 8. The van der Waals surface area contributed by atoms with Gasteiger partial charge in [-0.2, -0.15) is 0 Å². The van der Waals surface area contributed by atoms with Crippen molar-refractivity contribution >= 4 is 38.3 Å². The molecule has 6 heteroatoms. The smallest absolute Gasteiger partial charge is 0.260 e. The van der Waals surface area contributed by atoms with Crippen LogP contribution in [0.4, 0.5) is 10.8 Å². The van der Waals surface area contributed by atoms with E-state index in [1.165, 1.54) is 11.1 Å². The van der Waals surface area contributed by atoms with Gasteiger partial charge >= 0.3 is 0 Å². The maximum atomic E-state index is 13.5. The van der Waals surface area contributed by atoms with E-state index in [2.05, 4.69) is 44.7 Å². The standard InChI is InChI=1S/C24H32N4OS/c1-7-27(8-2)15-16-28(23(29)19-10-12-20(13-11-19)26(5)6)24-25-22-18(4)17(3)9-14-21(22)30-24/h9-14H,7-8,15-16H2,1-6H3. The summed E-state index contributed by atoms with van der Waals surface area (Å²) in [5, 5.41) is 0.771. The number of hydrogen-bond acceptors (Lipinski definition) is 5. The molecule has 1 heterocycles. The summed E-state index contributed by atoms with van der Waals surface area (Å²) in [5.74, 6) is 0.000827. The number of thiazole rings is 1. The van der Waals surface area contributed by atoms with Crippen molar-refractivity contribution in [2.75, 3.05) is 50.1 Å². The number of carbonyl (C=O) groups is 1. The number of aryl methyl sites for hydroxylation is 2. The van der Waals surface area contributed by atoms with Crippen LogP contribution in [0, 0.1) is 13.8 Å². The van der Waals surface area contributed by atoms with Gasteiger partial charge in [0, 0.05) is 38.4 Å². The lowest BCUT2D eigenvalue weighted by Gasteiger charge is -2.25. The summed E-state index contributed by atoms with van der Waals surface area (Å²) in [6.45, 7) is 11.9. The van der Waals surface area contributed by atoms with Crippen molar-refractivity contribution in [1.29, 1.82) is 0 Å². The molecule has 0 N–H and O–H groups in total. The first-order valence-electron chi connectivity index (χ1n) is 10.5. The van der Waals surface area contributed by atoms with Crippen molar-refractivity contribution in [2.24, 2.45) is 0 Å². The average molecular weight is 425 g/mol. The van der Waals surface area contributed by atoms with Gasteiger partial charge in [-0.15, -0.1) is 0 Å². The first kappa shape index (κ1) is 22.2. The summed E-state index contributed by atoms with van der Waals surface area (Å²) in [5.41, 5.74) is 5.17. The minimum atomic E-state index is 0.000827. The fourth-order valence-corrected chi connectivity index (χ4v) is 4.50. The van der Waals surface area contributed by atoms with E-state index in [1.54, 1.807) is 11.3 Å². The second kappa shape index (κ2) is 9.58. The van der Waals surface area contributed by atoms with Crippen LogP contribution in [0.15, 0.2) is 36.4 Å². The number of hydrogen-bond donors (Lipinski definition) is 0. The lowest BCUT2D eigenvalue weighted by Crippen LogP contribution is -2.38. The van der Waals surface area contributed by atoms with E-state index in [9.17, 15) is 4.79 Å². The Kier molecular flexibility index (Phi) is 7.10. The molecule has 0 atom stereocenters. The van der Waals surface area contributed by atoms with Gasteiger partial charge in [-0.25, -0.2) is 4.98 Å². The molecule has 0 aliphatic rings. The normalized spacial score (nSPS) is 11.3. The fourth-order valence-electron chi connectivity index (χ4n) is 3.45. The number of likely N-dealkylation sites (N-methyl/N-ethyl adjacent to an activating group) is 1. The van der Waals surface area contributed by atoms with Crippen molar-refractivity contribution < 1.29 is 4.79 Å². The zero-order valence-corrected chi connectivity index (χ0v) is 19.7. The van der Waals surface area contributed by atoms with Crippen LogP contribution in [0.2, 0.25) is 0 Å². The lowest BCUT2D eigenvalue weighted by molar-refractivity contribution is 0.0984. The first-order valence-corrected chi connectivity index (χ1v) is 11.4. The molecule has 0 bridgehead atoms. The van der Waals surface area contributed by atoms with E-state index < -0.39 is 0 Å². The van der Waals surface area contributed by atoms with Crippen molar-refractivity contribution in [3.05, 3.63) is 53.1 Å². The summed E-state index contributed by atoms with van der Waals surface area (Å²) < 4.78 is 1.12. The summed E-state index contributed by atoms with van der Waals surface area (Å²) in [6, 6.07) is 12.0. The second-order valence-electron chi connectivity index (χ2n) is 7.78. The van der Waals surface area contributed by atoms with Crippen LogP contribution >= 0.6 is 11.3 Å². The summed E-state index contributed by atoms with van der Waals surface area (Å²) >= 11 is 1.59. The Morgan fingerprint density at radius 2 is 1.63 bits per heavy atom. The highest BCUT2D eigenvalue weighted by Gasteiger charge is 2.22. The van der Waals surface area contributed by atoms with E-state index in [0.29, 0.717) is 12.1 Å². The molecule has 0 saturated carbocycles. The number of fused-ring (bicyclic) bond motifs is 1. The highest BCUT2D eigenvalue weighted by atomic mass is 32.1. The molecule has 0 fully saturated rings. The minimum Gasteiger partial charge on any atom is -0.378 e. The minimum absolute atomic E-state index is 0.000827. The van der Waals surface area contributed by atoms with Gasteiger partial charge in [-0.3, -0.25) is 9.69 Å². The Morgan fingerprint density at radius 3 is 2.23 bits per heavy atom. The molecule has 160 valence electrons. The predicted molar refractivity (Wildman–Crippen MR) is 129 cm³/mol. The number of aromatic nitrogens is 1. The van der Waals surface area contributed by atoms with Crippen LogP contribution < -0.4 is 9.80 Å². The molecule has 3 aromatic rings. The third-order valence-corrected chi connectivity index (χ3v) is 6.76. The zero-order chi connectivity index (χ0) is 21.8. The van der Waals surface area contributed by atoms with Crippen LogP contribution in [-0.2, 0) is 0 Å². The highest BCUT2D eigenvalue weighted by Crippen LogP contribution is 2.32. The fraction of sp³-hybridized carbons (Fsp3) is 0.417. The van der Waals surface area contributed by atoms with Crippen LogP contribution in [0.25, 0.3) is 10.2 Å². The van der Waals surface area contributed by atoms with Gasteiger partial charge in [0.05, 0.1) is 10.2 Å². The van der Waals surface area contributed by atoms with E-state index in [4.69, 9.17) is 4.98 Å². The third kappa shape index (κ3) is 4.65. The maximum Gasteiger partial charge on any atom is 0.260 e. The maximum absolute atomic E-state index is 13.5. The molecule has 1 aromatic heterocycles. The predicted octanol–water partition coefficient (Wildman–Crippen LogP) is 4.97. The van der Waals surface area contributed by atoms with Crippen LogP contribution in [0.3, 0.4) is 0 Å². The van der Waals surface area contributed by atoms with E-state index in [-0.39, 0.29) is 5.91 Å². The molecule has 30 heavy (non-hydrogen) atoms. The molecular weight excluding hydrogens is 392 g/mol. The number of carbonyl (C=O) groups excluding carboxylic acids is 1. The molecular formula is C24H32N4OS. The number of benzene rings is 2. The number of amides is 1. The summed E-state index contributed by atoms with van der Waals surface area (Å²) in [6.07, 6.45) is 0. The summed E-state index contributed by atoms with van der Waals surface area (Å²) in [7, 11) is 4.00. The highest BCUT2D eigenvalue weighted by molar-refractivity contribution is 7.22. The van der Waals surface area contributed by atoms with Crippen molar-refractivity contribution in [1.82, 2.24) is 9.88 Å². The Morgan fingerprint density at radius 1 is 0.967 bits per heavy atom. The van der Waals surface area contributed by atoms with E-state index in [0.717, 1.165) is 40.7 Å². The van der Waals surface area contributed by atoms with Gasteiger partial charge in [0.2, 0.25) is 0 Å². The van der Waals surface area contributed by atoms with Gasteiger partial charge < -0.3 is 9.80 Å². The monoisotopic (exact) mass is 424 g/mol. The van der Waals surface area contributed by atoms with Gasteiger partial charge in [0.25, 0.3) is 5.91 Å². The molecule has 3 rings (SSSR count). The Hall–Kier alpha value is -2.44. The SMILES string of the molecule is CCN(CC)CCN(C(=O)c1ccc(N(C)C)cc1)c1nc2c(C)c(C)ccc2s1. The van der Waals surface area contributed by atoms with E-state index >= 15 is 0 Å². The molecule has 0 aliphatic carbocycles. The molecule has 5 nitrogen and oxygen atoms in total. The Bertz CT molecular complexity index is 1010. The van der Waals surface area contributed by atoms with Crippen LogP contribution in [-0.4, -0.2) is 56.1 Å². The molecule has 0 radical (unpaired) electrons. The van der Waals surface area contributed by atoms with Gasteiger partial charge in [0.1, 0.15) is 0 Å². The van der Waals surface area contributed by atoms with Crippen LogP contribution in [0.5, 0.6) is 0 Å². The topological polar surface area (TPSA) is 39.7 Å². The largest absolute Gasteiger partial charge is 0.378 e. The number of nitrogens with zero attached hydrogens (tertiary/aromatic N) is 4. The average Bonchev–Trinajstić information content (AvgIpc) is 3.18. The van der Waals surface area contributed by atoms with Gasteiger partial charge in [-0.05, 0) is 68.4 Å². The summed E-state index contributed by atoms with van der Waals surface area (Å²) in [4.78, 5) is 24.6. The lowest BCUT2D eigenvalue weighted by atomic mass is 10.1. The molecule has 0 saturated heterocycles. The quantitative estimate of drug-likeness (QED) is 0.512. The molecule has 0 spiro atoms. The van der Waals surface area contributed by atoms with Crippen LogP contribution in [0.1, 0.15) is 35.3 Å². The second-order valence-corrected chi connectivity index (χ2v) is 8.78. The first-order chi connectivity index (χ1) is 14.3. The van der Waals surface area contributed by atoms with Crippen molar-refractivity contribution in [3.8, 4) is 0 Å². The zero-order valence-electron chi connectivity index (χ0n) is 18.9. The molecule has 1 amide bonds. The third-order valence-electron chi connectivity index (χ3n) is 5.71. The molecule has 0 aliphatic heterocycles. The Labute approximate surface area is 183 Å². The van der Waals surface area contributed by atoms with Gasteiger partial charge in [0.15, 0.2) is 5.13 Å². The Balaban J connectivity index is 1.97. The van der Waals surface area contributed by atoms with Crippen molar-refractivity contribution in [3.63, 3.8) is 0 Å². The van der Waals surface area contributed by atoms with Gasteiger partial charge in [-0.1, -0.05) is 31.3 Å². The molecule has 2 aromatic carbocycles. The van der Waals surface area contributed by atoms with E-state index in [1.807, 2.05) is 48.2 Å².